The van der Waals surface area contributed by atoms with Crippen molar-refractivity contribution < 1.29 is 4.79 Å². The molecule has 0 aliphatic rings. The third kappa shape index (κ3) is 3.00. The number of anilines is 1. The summed E-state index contributed by atoms with van der Waals surface area (Å²) in [5.41, 5.74) is 2.41. The van der Waals surface area contributed by atoms with Crippen molar-refractivity contribution in [1.29, 1.82) is 0 Å². The van der Waals surface area contributed by atoms with Crippen molar-refractivity contribution in [3.63, 3.8) is 0 Å². The van der Waals surface area contributed by atoms with Gasteiger partial charge in [-0.3, -0.25) is 4.79 Å². The van der Waals surface area contributed by atoms with Crippen molar-refractivity contribution in [3.8, 4) is 0 Å². The molecule has 3 N–H and O–H groups in total. The van der Waals surface area contributed by atoms with Gasteiger partial charge in [0.2, 0.25) is 0 Å². The first-order valence-corrected chi connectivity index (χ1v) is 6.38. The van der Waals surface area contributed by atoms with Crippen LogP contribution in [0.15, 0.2) is 41.0 Å². The summed E-state index contributed by atoms with van der Waals surface area (Å²) in [7, 11) is 1.88. The van der Waals surface area contributed by atoms with Crippen LogP contribution in [0.3, 0.4) is 0 Å². The number of hydrogen-bond acceptors (Lipinski definition) is 2. The van der Waals surface area contributed by atoms with E-state index in [4.69, 9.17) is 0 Å². The highest BCUT2D eigenvalue weighted by Gasteiger charge is 2.10. The van der Waals surface area contributed by atoms with Gasteiger partial charge in [-0.2, -0.15) is 0 Å². The van der Waals surface area contributed by atoms with E-state index in [0.29, 0.717) is 12.2 Å². The number of rotatable bonds is 4. The predicted molar refractivity (Wildman–Crippen MR) is 75.7 cm³/mol. The molecule has 0 saturated carbocycles. The van der Waals surface area contributed by atoms with E-state index in [1.165, 1.54) is 0 Å². The molecule has 1 amide bonds. The second-order valence-electron chi connectivity index (χ2n) is 3.87. The van der Waals surface area contributed by atoms with Crippen molar-refractivity contribution in [1.82, 2.24) is 10.3 Å². The summed E-state index contributed by atoms with van der Waals surface area (Å²) in [6, 6.07) is 9.47. The van der Waals surface area contributed by atoms with Crippen LogP contribution in [0.5, 0.6) is 0 Å². The first kappa shape index (κ1) is 12.9. The lowest BCUT2D eigenvalue weighted by Gasteiger charge is -2.09. The van der Waals surface area contributed by atoms with Crippen LogP contribution in [0.1, 0.15) is 16.1 Å². The molecule has 0 aliphatic heterocycles. The normalized spacial score (nSPS) is 10.3. The van der Waals surface area contributed by atoms with Gasteiger partial charge < -0.3 is 15.6 Å². The molecule has 4 nitrogen and oxygen atoms in total. The first-order chi connectivity index (χ1) is 8.70. The Morgan fingerprint density at radius 3 is 2.83 bits per heavy atom. The van der Waals surface area contributed by atoms with Gasteiger partial charge >= 0.3 is 0 Å². The zero-order chi connectivity index (χ0) is 13.0. The Bertz CT molecular complexity index is 551. The zero-order valence-corrected chi connectivity index (χ0v) is 11.5. The highest BCUT2D eigenvalue weighted by molar-refractivity contribution is 9.10. The molecule has 0 saturated heterocycles. The van der Waals surface area contributed by atoms with Gasteiger partial charge in [-0.1, -0.05) is 18.2 Å². The summed E-state index contributed by atoms with van der Waals surface area (Å²) in [5.74, 6) is -0.149. The van der Waals surface area contributed by atoms with E-state index in [1.54, 1.807) is 12.3 Å². The minimum absolute atomic E-state index is 0.149. The number of para-hydroxylation sites is 1. The molecule has 1 aromatic carbocycles. The maximum Gasteiger partial charge on any atom is 0.272 e. The third-order valence-electron chi connectivity index (χ3n) is 2.53. The van der Waals surface area contributed by atoms with E-state index in [-0.39, 0.29) is 5.91 Å². The second-order valence-corrected chi connectivity index (χ2v) is 4.79. The number of aromatic nitrogens is 1. The van der Waals surface area contributed by atoms with Crippen LogP contribution in [-0.2, 0) is 6.54 Å². The van der Waals surface area contributed by atoms with Gasteiger partial charge in [0.25, 0.3) is 5.91 Å². The summed E-state index contributed by atoms with van der Waals surface area (Å²) in [6.45, 7) is 0.713. The summed E-state index contributed by atoms with van der Waals surface area (Å²) in [5, 5.41) is 5.97. The molecule has 0 radical (unpaired) electrons. The van der Waals surface area contributed by atoms with Gasteiger partial charge in [0, 0.05) is 22.9 Å². The molecule has 0 aliphatic carbocycles. The van der Waals surface area contributed by atoms with Crippen LogP contribution < -0.4 is 10.6 Å². The molecule has 0 bridgehead atoms. The number of nitrogens with one attached hydrogen (secondary N) is 3. The average Bonchev–Trinajstić information content (AvgIpc) is 2.79. The molecule has 1 aromatic heterocycles. The molecule has 2 aromatic rings. The van der Waals surface area contributed by atoms with Crippen LogP contribution in [0, 0.1) is 0 Å². The Morgan fingerprint density at radius 1 is 1.39 bits per heavy atom. The lowest BCUT2D eigenvalue weighted by Crippen LogP contribution is -2.15. The summed E-state index contributed by atoms with van der Waals surface area (Å²) in [6.07, 6.45) is 1.73. The summed E-state index contributed by atoms with van der Waals surface area (Å²) >= 11 is 3.30. The van der Waals surface area contributed by atoms with Gasteiger partial charge in [0.05, 0.1) is 0 Å². The Labute approximate surface area is 114 Å². The molecule has 2 rings (SSSR count). The van der Waals surface area contributed by atoms with Crippen LogP contribution in [-0.4, -0.2) is 17.9 Å². The number of aromatic amines is 1. The number of H-pyrrole nitrogens is 1. The quantitative estimate of drug-likeness (QED) is 0.813. The van der Waals surface area contributed by atoms with Gasteiger partial charge in [0.15, 0.2) is 0 Å². The molecule has 0 fully saturated rings. The minimum atomic E-state index is -0.149. The Kier molecular flexibility index (Phi) is 4.17. The Balaban J connectivity index is 2.16. The molecular formula is C13H14BrN3O. The van der Waals surface area contributed by atoms with Crippen molar-refractivity contribution in [3.05, 3.63) is 52.3 Å². The van der Waals surface area contributed by atoms with Crippen molar-refractivity contribution in [2.45, 2.75) is 6.54 Å². The standard InChI is InChI=1S/C13H14BrN3O/c1-15-7-9-4-2-3-5-11(9)17-13(18)12-6-10(14)8-16-12/h2-6,8,15-16H,7H2,1H3,(H,17,18). The molecule has 0 atom stereocenters. The third-order valence-corrected chi connectivity index (χ3v) is 2.98. The molecule has 94 valence electrons. The number of carbonyl (C=O) groups is 1. The van der Waals surface area contributed by atoms with E-state index in [9.17, 15) is 4.79 Å². The fourth-order valence-electron chi connectivity index (χ4n) is 1.68. The molecule has 5 heteroatoms. The highest BCUT2D eigenvalue weighted by atomic mass is 79.9. The van der Waals surface area contributed by atoms with Crippen molar-refractivity contribution >= 4 is 27.5 Å². The maximum atomic E-state index is 12.0. The number of hydrogen-bond donors (Lipinski definition) is 3. The van der Waals surface area contributed by atoms with E-state index in [0.717, 1.165) is 15.7 Å². The molecule has 0 spiro atoms. The average molecular weight is 308 g/mol. The van der Waals surface area contributed by atoms with Crippen LogP contribution in [0.25, 0.3) is 0 Å². The maximum absolute atomic E-state index is 12.0. The van der Waals surface area contributed by atoms with E-state index in [1.807, 2.05) is 31.3 Å². The fraction of sp³-hybridized carbons (Fsp3) is 0.154. The molecular weight excluding hydrogens is 294 g/mol. The molecule has 0 unspecified atom stereocenters. The molecule has 18 heavy (non-hydrogen) atoms. The van der Waals surface area contributed by atoms with Gasteiger partial charge in [0.1, 0.15) is 5.69 Å². The fourth-order valence-corrected chi connectivity index (χ4v) is 2.02. The summed E-state index contributed by atoms with van der Waals surface area (Å²) in [4.78, 5) is 14.9. The van der Waals surface area contributed by atoms with Gasteiger partial charge in [-0.25, -0.2) is 0 Å². The van der Waals surface area contributed by atoms with Gasteiger partial charge in [-0.15, -0.1) is 0 Å². The van der Waals surface area contributed by atoms with Crippen LogP contribution in [0.2, 0.25) is 0 Å². The van der Waals surface area contributed by atoms with E-state index >= 15 is 0 Å². The lowest BCUT2D eigenvalue weighted by molar-refractivity contribution is 0.102. The number of benzene rings is 1. The van der Waals surface area contributed by atoms with Gasteiger partial charge in [-0.05, 0) is 40.7 Å². The number of amides is 1. The van der Waals surface area contributed by atoms with Crippen molar-refractivity contribution in [2.24, 2.45) is 0 Å². The van der Waals surface area contributed by atoms with E-state index < -0.39 is 0 Å². The number of carbonyl (C=O) groups excluding carboxylic acids is 1. The highest BCUT2D eigenvalue weighted by Crippen LogP contribution is 2.17. The Hall–Kier alpha value is -1.59. The SMILES string of the molecule is CNCc1ccccc1NC(=O)c1cc(Br)c[nH]1. The van der Waals surface area contributed by atoms with Crippen LogP contribution in [0.4, 0.5) is 5.69 Å². The monoisotopic (exact) mass is 307 g/mol. The minimum Gasteiger partial charge on any atom is -0.356 e. The van der Waals surface area contributed by atoms with Crippen LogP contribution >= 0.6 is 15.9 Å². The van der Waals surface area contributed by atoms with E-state index in [2.05, 4.69) is 31.5 Å². The van der Waals surface area contributed by atoms with Crippen molar-refractivity contribution in [2.75, 3.05) is 12.4 Å². The lowest BCUT2D eigenvalue weighted by atomic mass is 10.1. The smallest absolute Gasteiger partial charge is 0.272 e. The zero-order valence-electron chi connectivity index (χ0n) is 9.96. The first-order valence-electron chi connectivity index (χ1n) is 5.58. The largest absolute Gasteiger partial charge is 0.356 e. The second kappa shape index (κ2) is 5.84. The predicted octanol–water partition coefficient (Wildman–Crippen LogP) is 2.75. The topological polar surface area (TPSA) is 56.9 Å². The summed E-state index contributed by atoms with van der Waals surface area (Å²) < 4.78 is 0.858. The Morgan fingerprint density at radius 2 is 2.17 bits per heavy atom. The molecule has 1 heterocycles. The number of halogens is 1.